The van der Waals surface area contributed by atoms with Crippen molar-refractivity contribution in [2.24, 2.45) is 0 Å². The van der Waals surface area contributed by atoms with Gasteiger partial charge in [-0.05, 0) is 0 Å². The topological polar surface area (TPSA) is 60.3 Å². The Labute approximate surface area is 124 Å². The average molecular weight is 313 g/mol. The molecular weight excluding hydrogens is 300 g/mol. The number of thiazole rings is 1. The van der Waals surface area contributed by atoms with E-state index in [4.69, 9.17) is 16.3 Å². The predicted molar refractivity (Wildman–Crippen MR) is 77.8 cm³/mol. The maximum atomic E-state index is 12.1. The third-order valence-electron chi connectivity index (χ3n) is 3.06. The first-order valence-corrected chi connectivity index (χ1v) is 7.42. The summed E-state index contributed by atoms with van der Waals surface area (Å²) in [6.45, 7) is 3.34. The van der Waals surface area contributed by atoms with E-state index >= 15 is 0 Å². The van der Waals surface area contributed by atoms with Crippen molar-refractivity contribution in [1.82, 2.24) is 14.8 Å². The molecule has 1 aliphatic rings. The maximum Gasteiger partial charge on any atom is 0.269 e. The molecule has 1 fully saturated rings. The quantitative estimate of drug-likeness (QED) is 0.853. The van der Waals surface area contributed by atoms with Crippen LogP contribution in [-0.4, -0.2) is 41.1 Å². The molecule has 0 N–H and O–H groups in total. The number of ether oxygens (including phenoxy) is 1. The SMILES string of the molecule is O=c1cc(N2CCOCC2)cnn1Cc1cnc(Cl)s1. The van der Waals surface area contributed by atoms with Crippen molar-refractivity contribution >= 4 is 28.6 Å². The highest BCUT2D eigenvalue weighted by molar-refractivity contribution is 7.15. The van der Waals surface area contributed by atoms with Gasteiger partial charge >= 0.3 is 0 Å². The molecule has 0 aliphatic carbocycles. The van der Waals surface area contributed by atoms with Gasteiger partial charge in [-0.1, -0.05) is 11.6 Å². The second kappa shape index (κ2) is 5.90. The summed E-state index contributed by atoms with van der Waals surface area (Å²) >= 11 is 7.13. The summed E-state index contributed by atoms with van der Waals surface area (Å²) in [5.41, 5.74) is 0.718. The minimum atomic E-state index is -0.126. The standard InChI is InChI=1S/C12H13ClN4O2S/c13-12-14-7-10(20-12)8-17-11(18)5-9(6-15-17)16-1-3-19-4-2-16/h5-7H,1-4,8H2. The minimum Gasteiger partial charge on any atom is -0.378 e. The molecule has 3 rings (SSSR count). The zero-order valence-electron chi connectivity index (χ0n) is 10.7. The zero-order valence-corrected chi connectivity index (χ0v) is 12.2. The lowest BCUT2D eigenvalue weighted by molar-refractivity contribution is 0.122. The molecule has 2 aromatic rings. The van der Waals surface area contributed by atoms with Crippen LogP contribution in [0.15, 0.2) is 23.3 Å². The van der Waals surface area contributed by atoms with E-state index in [9.17, 15) is 4.79 Å². The first-order valence-electron chi connectivity index (χ1n) is 6.22. The third-order valence-corrected chi connectivity index (χ3v) is 4.16. The van der Waals surface area contributed by atoms with Crippen LogP contribution in [0, 0.1) is 0 Å². The van der Waals surface area contributed by atoms with Crippen LogP contribution in [0.1, 0.15) is 4.88 Å². The second-order valence-electron chi connectivity index (χ2n) is 4.39. The van der Waals surface area contributed by atoms with Crippen molar-refractivity contribution in [2.75, 3.05) is 31.2 Å². The maximum absolute atomic E-state index is 12.1. The van der Waals surface area contributed by atoms with Crippen molar-refractivity contribution in [3.8, 4) is 0 Å². The lowest BCUT2D eigenvalue weighted by Crippen LogP contribution is -2.37. The zero-order chi connectivity index (χ0) is 13.9. The highest BCUT2D eigenvalue weighted by Crippen LogP contribution is 2.18. The third kappa shape index (κ3) is 3.00. The molecule has 106 valence electrons. The van der Waals surface area contributed by atoms with E-state index in [2.05, 4.69) is 15.0 Å². The lowest BCUT2D eigenvalue weighted by atomic mass is 10.3. The Morgan fingerprint density at radius 1 is 1.35 bits per heavy atom. The Morgan fingerprint density at radius 3 is 2.80 bits per heavy atom. The van der Waals surface area contributed by atoms with Gasteiger partial charge in [0.25, 0.3) is 5.56 Å². The summed E-state index contributed by atoms with van der Waals surface area (Å²) in [4.78, 5) is 19.0. The molecule has 0 atom stereocenters. The van der Waals surface area contributed by atoms with Gasteiger partial charge in [0.2, 0.25) is 0 Å². The summed E-state index contributed by atoms with van der Waals surface area (Å²) in [6, 6.07) is 1.61. The summed E-state index contributed by atoms with van der Waals surface area (Å²) in [7, 11) is 0. The van der Waals surface area contributed by atoms with Crippen LogP contribution in [0.3, 0.4) is 0 Å². The molecule has 0 radical (unpaired) electrons. The van der Waals surface area contributed by atoms with E-state index in [1.165, 1.54) is 16.0 Å². The number of anilines is 1. The first-order chi connectivity index (χ1) is 9.72. The van der Waals surface area contributed by atoms with Gasteiger partial charge in [-0.2, -0.15) is 5.10 Å². The van der Waals surface area contributed by atoms with Gasteiger partial charge in [0, 0.05) is 30.2 Å². The predicted octanol–water partition coefficient (Wildman–Crippen LogP) is 1.24. The molecule has 0 amide bonds. The van der Waals surface area contributed by atoms with E-state index in [-0.39, 0.29) is 5.56 Å². The fraction of sp³-hybridized carbons (Fsp3) is 0.417. The van der Waals surface area contributed by atoms with Crippen molar-refractivity contribution < 1.29 is 4.74 Å². The Bertz CT molecular complexity index is 651. The molecule has 6 nitrogen and oxygen atoms in total. The molecule has 0 saturated carbocycles. The Balaban J connectivity index is 1.78. The van der Waals surface area contributed by atoms with E-state index in [0.717, 1.165) is 23.7 Å². The number of hydrogen-bond acceptors (Lipinski definition) is 6. The van der Waals surface area contributed by atoms with Gasteiger partial charge in [-0.25, -0.2) is 9.67 Å². The lowest BCUT2D eigenvalue weighted by Gasteiger charge is -2.28. The van der Waals surface area contributed by atoms with Crippen LogP contribution in [0.5, 0.6) is 0 Å². The van der Waals surface area contributed by atoms with Crippen molar-refractivity contribution in [3.05, 3.63) is 38.2 Å². The number of aromatic nitrogens is 3. The van der Waals surface area contributed by atoms with Crippen molar-refractivity contribution in [2.45, 2.75) is 6.54 Å². The summed E-state index contributed by atoms with van der Waals surface area (Å²) in [5, 5.41) is 4.22. The normalized spacial score (nSPS) is 15.6. The van der Waals surface area contributed by atoms with Crippen molar-refractivity contribution in [3.63, 3.8) is 0 Å². The van der Waals surface area contributed by atoms with E-state index in [1.54, 1.807) is 18.5 Å². The van der Waals surface area contributed by atoms with Crippen molar-refractivity contribution in [1.29, 1.82) is 0 Å². The number of rotatable bonds is 3. The molecule has 0 bridgehead atoms. The van der Waals surface area contributed by atoms with Crippen LogP contribution in [0.25, 0.3) is 0 Å². The molecule has 3 heterocycles. The fourth-order valence-corrected chi connectivity index (χ4v) is 3.00. The molecule has 1 aliphatic heterocycles. The second-order valence-corrected chi connectivity index (χ2v) is 6.09. The first kappa shape index (κ1) is 13.5. The average Bonchev–Trinajstić information content (AvgIpc) is 2.87. The molecule has 20 heavy (non-hydrogen) atoms. The largest absolute Gasteiger partial charge is 0.378 e. The Morgan fingerprint density at radius 2 is 2.15 bits per heavy atom. The summed E-state index contributed by atoms with van der Waals surface area (Å²) in [6.07, 6.45) is 3.38. The van der Waals surface area contributed by atoms with Gasteiger partial charge in [0.1, 0.15) is 0 Å². The molecule has 1 saturated heterocycles. The molecule has 8 heteroatoms. The number of hydrogen-bond donors (Lipinski definition) is 0. The Hall–Kier alpha value is -1.44. The van der Waals surface area contributed by atoms with Crippen LogP contribution in [0.4, 0.5) is 5.69 Å². The van der Waals surface area contributed by atoms with Crippen LogP contribution in [0.2, 0.25) is 4.47 Å². The van der Waals surface area contributed by atoms with Gasteiger partial charge in [-0.15, -0.1) is 11.3 Å². The van der Waals surface area contributed by atoms with Gasteiger partial charge < -0.3 is 9.64 Å². The van der Waals surface area contributed by atoms with Crippen LogP contribution < -0.4 is 10.5 Å². The highest BCUT2D eigenvalue weighted by Gasteiger charge is 2.13. The van der Waals surface area contributed by atoms with E-state index in [1.807, 2.05) is 0 Å². The summed E-state index contributed by atoms with van der Waals surface area (Å²) in [5.74, 6) is 0. The van der Waals surface area contributed by atoms with Gasteiger partial charge in [-0.3, -0.25) is 4.79 Å². The number of nitrogens with zero attached hydrogens (tertiary/aromatic N) is 4. The molecular formula is C12H13ClN4O2S. The molecule has 2 aromatic heterocycles. The highest BCUT2D eigenvalue weighted by atomic mass is 35.5. The monoisotopic (exact) mass is 312 g/mol. The fourth-order valence-electron chi connectivity index (χ4n) is 2.04. The molecule has 0 aromatic carbocycles. The summed E-state index contributed by atoms with van der Waals surface area (Å²) < 4.78 is 7.17. The van der Waals surface area contributed by atoms with Crippen LogP contribution >= 0.6 is 22.9 Å². The number of morpholine rings is 1. The van der Waals surface area contributed by atoms with Crippen LogP contribution in [-0.2, 0) is 11.3 Å². The minimum absolute atomic E-state index is 0.126. The number of halogens is 1. The smallest absolute Gasteiger partial charge is 0.269 e. The molecule has 0 unspecified atom stereocenters. The van der Waals surface area contributed by atoms with E-state index in [0.29, 0.717) is 24.2 Å². The molecule has 0 spiro atoms. The Kier molecular flexibility index (Phi) is 4.00. The van der Waals surface area contributed by atoms with E-state index < -0.39 is 0 Å². The van der Waals surface area contributed by atoms with Gasteiger partial charge in [0.05, 0.1) is 31.6 Å². The van der Waals surface area contributed by atoms with Gasteiger partial charge in [0.15, 0.2) is 4.47 Å².